The van der Waals surface area contributed by atoms with Crippen LogP contribution in [0.5, 0.6) is 5.75 Å². The zero-order chi connectivity index (χ0) is 13.7. The summed E-state index contributed by atoms with van der Waals surface area (Å²) in [6.07, 6.45) is 3.85. The number of fused-ring (bicyclic) bond motifs is 1. The van der Waals surface area contributed by atoms with Gasteiger partial charge >= 0.3 is 5.97 Å². The number of carbonyl (C=O) groups excluding carboxylic acids is 1. The first-order valence-electron chi connectivity index (χ1n) is 6.44. The van der Waals surface area contributed by atoms with Crippen LogP contribution in [0.2, 0.25) is 0 Å². The van der Waals surface area contributed by atoms with Gasteiger partial charge in [0, 0.05) is 12.7 Å². The summed E-state index contributed by atoms with van der Waals surface area (Å²) >= 11 is 0. The van der Waals surface area contributed by atoms with Crippen molar-refractivity contribution < 1.29 is 19.0 Å². The van der Waals surface area contributed by atoms with E-state index in [0.717, 1.165) is 24.2 Å². The van der Waals surface area contributed by atoms with Gasteiger partial charge in [-0.1, -0.05) is 13.3 Å². The average Bonchev–Trinajstić information content (AvgIpc) is 2.73. The number of hydrogen-bond donors (Lipinski definition) is 0. The number of hydrogen-bond acceptors (Lipinski definition) is 4. The van der Waals surface area contributed by atoms with Crippen molar-refractivity contribution in [2.24, 2.45) is 0 Å². The number of benzene rings is 1. The van der Waals surface area contributed by atoms with Crippen molar-refractivity contribution in [3.63, 3.8) is 0 Å². The van der Waals surface area contributed by atoms with Crippen molar-refractivity contribution in [3.05, 3.63) is 35.4 Å². The van der Waals surface area contributed by atoms with E-state index in [9.17, 15) is 4.79 Å². The van der Waals surface area contributed by atoms with E-state index >= 15 is 0 Å². The van der Waals surface area contributed by atoms with Gasteiger partial charge in [-0.3, -0.25) is 0 Å². The summed E-state index contributed by atoms with van der Waals surface area (Å²) < 4.78 is 15.7. The van der Waals surface area contributed by atoms with Crippen molar-refractivity contribution in [2.45, 2.75) is 19.8 Å². The molecular weight excluding hydrogens is 244 g/mol. The van der Waals surface area contributed by atoms with Crippen molar-refractivity contribution in [1.82, 2.24) is 0 Å². The summed E-state index contributed by atoms with van der Waals surface area (Å²) in [6.45, 7) is 3.10. The monoisotopic (exact) mass is 262 g/mol. The fraction of sp³-hybridized carbons (Fsp3) is 0.400. The second kappa shape index (κ2) is 6.38. The Bertz CT molecular complexity index is 491. The van der Waals surface area contributed by atoms with Crippen molar-refractivity contribution in [3.8, 4) is 5.75 Å². The first-order chi connectivity index (χ1) is 9.26. The molecule has 0 aliphatic carbocycles. The first kappa shape index (κ1) is 13.6. The van der Waals surface area contributed by atoms with Crippen LogP contribution in [0.25, 0.3) is 5.76 Å². The Morgan fingerprint density at radius 3 is 2.84 bits per heavy atom. The summed E-state index contributed by atoms with van der Waals surface area (Å²) in [7, 11) is 1.63. The number of methoxy groups -OCH3 is 1. The van der Waals surface area contributed by atoms with Gasteiger partial charge in [-0.2, -0.15) is 0 Å². The second-order valence-electron chi connectivity index (χ2n) is 4.30. The highest BCUT2D eigenvalue weighted by Crippen LogP contribution is 2.32. The molecule has 0 saturated heterocycles. The van der Waals surface area contributed by atoms with Crippen LogP contribution in [0.1, 0.15) is 35.7 Å². The molecule has 2 rings (SSSR count). The number of allylic oxidation sites excluding steroid dienone is 1. The molecular formula is C15H18O4. The molecule has 0 aromatic heterocycles. The lowest BCUT2D eigenvalue weighted by Gasteiger charge is -2.06. The molecule has 1 aromatic rings. The van der Waals surface area contributed by atoms with E-state index in [0.29, 0.717) is 24.5 Å². The van der Waals surface area contributed by atoms with Crippen LogP contribution in [0.4, 0.5) is 0 Å². The van der Waals surface area contributed by atoms with Crippen molar-refractivity contribution >= 4 is 11.7 Å². The fourth-order valence-corrected chi connectivity index (χ4v) is 1.87. The molecule has 0 fully saturated rings. The predicted molar refractivity (Wildman–Crippen MR) is 72.1 cm³/mol. The van der Waals surface area contributed by atoms with Crippen LogP contribution in [-0.2, 0) is 9.47 Å². The fourth-order valence-electron chi connectivity index (χ4n) is 1.87. The Labute approximate surface area is 113 Å². The maximum atomic E-state index is 11.7. The Morgan fingerprint density at radius 1 is 1.26 bits per heavy atom. The van der Waals surface area contributed by atoms with Gasteiger partial charge in [-0.25, -0.2) is 4.79 Å². The van der Waals surface area contributed by atoms with E-state index in [1.165, 1.54) is 0 Å². The SMILES string of the molecule is CCC/C=C1\OC(=O)c2ccc(OCCOC)cc21. The molecule has 0 atom stereocenters. The highest BCUT2D eigenvalue weighted by molar-refractivity contribution is 6.03. The number of ether oxygens (including phenoxy) is 3. The Morgan fingerprint density at radius 2 is 2.11 bits per heavy atom. The Kier molecular flexibility index (Phi) is 4.58. The van der Waals surface area contributed by atoms with E-state index in [1.54, 1.807) is 19.2 Å². The molecule has 1 aliphatic rings. The first-order valence-corrected chi connectivity index (χ1v) is 6.44. The van der Waals surface area contributed by atoms with Crippen LogP contribution >= 0.6 is 0 Å². The minimum Gasteiger partial charge on any atom is -0.491 e. The van der Waals surface area contributed by atoms with E-state index in [4.69, 9.17) is 14.2 Å². The zero-order valence-corrected chi connectivity index (χ0v) is 11.3. The lowest BCUT2D eigenvalue weighted by molar-refractivity contribution is 0.0715. The van der Waals surface area contributed by atoms with Crippen LogP contribution in [-0.4, -0.2) is 26.3 Å². The summed E-state index contributed by atoms with van der Waals surface area (Å²) in [6, 6.07) is 5.36. The standard InChI is InChI=1S/C15H18O4/c1-3-4-5-14-13-10-11(18-9-8-17-2)6-7-12(13)15(16)19-14/h5-7,10H,3-4,8-9H2,1-2H3/b14-5-. The average molecular weight is 262 g/mol. The third kappa shape index (κ3) is 3.15. The summed E-state index contributed by atoms with van der Waals surface area (Å²) in [4.78, 5) is 11.7. The molecule has 0 bridgehead atoms. The van der Waals surface area contributed by atoms with Gasteiger partial charge in [0.05, 0.1) is 12.2 Å². The molecule has 1 heterocycles. The molecule has 0 N–H and O–H groups in total. The molecule has 4 nitrogen and oxygen atoms in total. The van der Waals surface area contributed by atoms with E-state index in [-0.39, 0.29) is 5.97 Å². The zero-order valence-electron chi connectivity index (χ0n) is 11.3. The number of unbranched alkanes of at least 4 members (excludes halogenated alkanes) is 1. The second-order valence-corrected chi connectivity index (χ2v) is 4.30. The number of rotatable bonds is 6. The highest BCUT2D eigenvalue weighted by Gasteiger charge is 2.26. The van der Waals surface area contributed by atoms with E-state index < -0.39 is 0 Å². The van der Waals surface area contributed by atoms with Gasteiger partial charge in [0.1, 0.15) is 18.1 Å². The third-order valence-electron chi connectivity index (χ3n) is 2.85. The van der Waals surface area contributed by atoms with E-state index in [2.05, 4.69) is 6.92 Å². The van der Waals surface area contributed by atoms with Crippen LogP contribution in [0.3, 0.4) is 0 Å². The minimum absolute atomic E-state index is 0.291. The number of esters is 1. The van der Waals surface area contributed by atoms with Gasteiger partial charge < -0.3 is 14.2 Å². The molecule has 19 heavy (non-hydrogen) atoms. The largest absolute Gasteiger partial charge is 0.491 e. The molecule has 102 valence electrons. The van der Waals surface area contributed by atoms with Crippen LogP contribution < -0.4 is 4.74 Å². The van der Waals surface area contributed by atoms with Gasteiger partial charge in [0.15, 0.2) is 0 Å². The van der Waals surface area contributed by atoms with Gasteiger partial charge in [0.2, 0.25) is 0 Å². The van der Waals surface area contributed by atoms with Crippen molar-refractivity contribution in [1.29, 1.82) is 0 Å². The normalized spacial score (nSPS) is 15.5. The Hall–Kier alpha value is -1.81. The molecule has 0 saturated carbocycles. The van der Waals surface area contributed by atoms with Gasteiger partial charge in [-0.05, 0) is 30.7 Å². The highest BCUT2D eigenvalue weighted by atomic mass is 16.5. The molecule has 0 amide bonds. The molecule has 4 heteroatoms. The quantitative estimate of drug-likeness (QED) is 0.584. The molecule has 0 spiro atoms. The molecule has 1 aromatic carbocycles. The van der Waals surface area contributed by atoms with Crippen LogP contribution in [0, 0.1) is 0 Å². The maximum Gasteiger partial charge on any atom is 0.344 e. The smallest absolute Gasteiger partial charge is 0.344 e. The van der Waals surface area contributed by atoms with Crippen LogP contribution in [0.15, 0.2) is 24.3 Å². The lowest BCUT2D eigenvalue weighted by atomic mass is 10.1. The number of cyclic esters (lactones) is 1. The maximum absolute atomic E-state index is 11.7. The molecule has 1 aliphatic heterocycles. The van der Waals surface area contributed by atoms with Gasteiger partial charge in [-0.15, -0.1) is 0 Å². The molecule has 0 radical (unpaired) electrons. The lowest BCUT2D eigenvalue weighted by Crippen LogP contribution is -2.04. The number of carbonyl (C=O) groups is 1. The summed E-state index contributed by atoms with van der Waals surface area (Å²) in [5.74, 6) is 1.07. The van der Waals surface area contributed by atoms with Gasteiger partial charge in [0.25, 0.3) is 0 Å². The third-order valence-corrected chi connectivity index (χ3v) is 2.85. The Balaban J connectivity index is 2.19. The predicted octanol–water partition coefficient (Wildman–Crippen LogP) is 3.02. The summed E-state index contributed by atoms with van der Waals surface area (Å²) in [5, 5.41) is 0. The topological polar surface area (TPSA) is 44.8 Å². The minimum atomic E-state index is -0.291. The molecule has 0 unspecified atom stereocenters. The van der Waals surface area contributed by atoms with E-state index in [1.807, 2.05) is 12.1 Å². The van der Waals surface area contributed by atoms with Crippen molar-refractivity contribution in [2.75, 3.05) is 20.3 Å². The summed E-state index contributed by atoms with van der Waals surface area (Å²) in [5.41, 5.74) is 1.41.